The van der Waals surface area contributed by atoms with Gasteiger partial charge in [0, 0.05) is 30.7 Å². The van der Waals surface area contributed by atoms with Crippen LogP contribution in [0.1, 0.15) is 30.1 Å². The van der Waals surface area contributed by atoms with E-state index >= 15 is 0 Å². The van der Waals surface area contributed by atoms with Crippen LogP contribution in [-0.2, 0) is 9.84 Å². The van der Waals surface area contributed by atoms with Gasteiger partial charge >= 0.3 is 0 Å². The molecule has 0 radical (unpaired) electrons. The fourth-order valence-electron chi connectivity index (χ4n) is 1.94. The van der Waals surface area contributed by atoms with E-state index in [0.717, 1.165) is 12.7 Å². The Balaban J connectivity index is 2.86. The minimum absolute atomic E-state index is 0.0232. The van der Waals surface area contributed by atoms with E-state index in [1.807, 2.05) is 6.92 Å². The van der Waals surface area contributed by atoms with Crippen molar-refractivity contribution in [3.8, 4) is 0 Å². The third kappa shape index (κ3) is 5.35. The number of aliphatic hydroxyl groups is 1. The van der Waals surface area contributed by atoms with Crippen LogP contribution in [0.15, 0.2) is 23.1 Å². The molecule has 0 aromatic heterocycles. The average molecular weight is 314 g/mol. The summed E-state index contributed by atoms with van der Waals surface area (Å²) >= 11 is 0. The standard InChI is InChI=1S/C14H22N2O4S/c1-3-10(4-5-17)9-16-14(18)11-6-12(15)8-13(7-11)21(2,19)20/h6-8,10,17H,3-5,9,15H2,1-2H3,(H,16,18). The van der Waals surface area contributed by atoms with Crippen molar-refractivity contribution in [2.24, 2.45) is 5.92 Å². The van der Waals surface area contributed by atoms with Crippen molar-refractivity contribution in [2.45, 2.75) is 24.7 Å². The smallest absolute Gasteiger partial charge is 0.251 e. The number of hydrogen-bond donors (Lipinski definition) is 3. The van der Waals surface area contributed by atoms with Crippen LogP contribution >= 0.6 is 0 Å². The number of amides is 1. The highest BCUT2D eigenvalue weighted by Gasteiger charge is 2.14. The Morgan fingerprint density at radius 1 is 1.38 bits per heavy atom. The van der Waals surface area contributed by atoms with E-state index in [4.69, 9.17) is 10.8 Å². The molecule has 1 unspecified atom stereocenters. The van der Waals surface area contributed by atoms with Gasteiger partial charge in [0.15, 0.2) is 9.84 Å². The number of nitrogens with one attached hydrogen (secondary N) is 1. The van der Waals surface area contributed by atoms with Crippen LogP contribution in [0, 0.1) is 5.92 Å². The summed E-state index contributed by atoms with van der Waals surface area (Å²) in [7, 11) is -3.42. The number of benzene rings is 1. The van der Waals surface area contributed by atoms with Gasteiger partial charge in [-0.1, -0.05) is 13.3 Å². The summed E-state index contributed by atoms with van der Waals surface area (Å²) in [5.41, 5.74) is 6.09. The predicted molar refractivity (Wildman–Crippen MR) is 81.8 cm³/mol. The number of nitrogen functional groups attached to an aromatic ring is 1. The van der Waals surface area contributed by atoms with Gasteiger partial charge in [0.25, 0.3) is 5.91 Å². The fourth-order valence-corrected chi connectivity index (χ4v) is 2.63. The second-order valence-electron chi connectivity index (χ2n) is 5.06. The van der Waals surface area contributed by atoms with E-state index in [-0.39, 0.29) is 34.6 Å². The lowest BCUT2D eigenvalue weighted by molar-refractivity contribution is 0.0943. The summed E-state index contributed by atoms with van der Waals surface area (Å²) in [5, 5.41) is 11.7. The highest BCUT2D eigenvalue weighted by molar-refractivity contribution is 7.90. The summed E-state index contributed by atoms with van der Waals surface area (Å²) in [6, 6.07) is 4.08. The number of nitrogens with two attached hydrogens (primary N) is 1. The number of anilines is 1. The Labute approximate surface area is 125 Å². The molecule has 0 aliphatic carbocycles. The van der Waals surface area contributed by atoms with Gasteiger partial charge in [0.2, 0.25) is 0 Å². The first-order valence-electron chi connectivity index (χ1n) is 6.77. The molecule has 1 aromatic rings. The van der Waals surface area contributed by atoms with Gasteiger partial charge in [0.1, 0.15) is 0 Å². The topological polar surface area (TPSA) is 109 Å². The van der Waals surface area contributed by atoms with Gasteiger partial charge in [-0.15, -0.1) is 0 Å². The molecule has 0 spiro atoms. The van der Waals surface area contributed by atoms with Crippen LogP contribution in [0.2, 0.25) is 0 Å². The number of carbonyl (C=O) groups excluding carboxylic acids is 1. The van der Waals surface area contributed by atoms with Gasteiger partial charge in [-0.05, 0) is 30.5 Å². The first-order chi connectivity index (χ1) is 9.77. The van der Waals surface area contributed by atoms with E-state index in [9.17, 15) is 13.2 Å². The minimum atomic E-state index is -3.42. The molecule has 0 heterocycles. The van der Waals surface area contributed by atoms with Gasteiger partial charge < -0.3 is 16.2 Å². The Kier molecular flexibility index (Phi) is 6.17. The lowest BCUT2D eigenvalue weighted by Crippen LogP contribution is -2.29. The largest absolute Gasteiger partial charge is 0.399 e. The van der Waals surface area contributed by atoms with E-state index in [1.54, 1.807) is 0 Å². The summed E-state index contributed by atoms with van der Waals surface area (Å²) < 4.78 is 23.1. The summed E-state index contributed by atoms with van der Waals surface area (Å²) in [4.78, 5) is 12.1. The first kappa shape index (κ1) is 17.5. The normalized spacial score (nSPS) is 12.9. The summed E-state index contributed by atoms with van der Waals surface area (Å²) in [5.74, 6) is -0.182. The zero-order valence-corrected chi connectivity index (χ0v) is 13.1. The van der Waals surface area contributed by atoms with Crippen molar-refractivity contribution in [3.05, 3.63) is 23.8 Å². The molecular formula is C14H22N2O4S. The van der Waals surface area contributed by atoms with Crippen LogP contribution in [-0.4, -0.2) is 38.8 Å². The second-order valence-corrected chi connectivity index (χ2v) is 7.08. The number of carbonyl (C=O) groups is 1. The Morgan fingerprint density at radius 3 is 2.57 bits per heavy atom. The molecule has 0 fully saturated rings. The van der Waals surface area contributed by atoms with Gasteiger partial charge in [-0.25, -0.2) is 8.42 Å². The molecule has 21 heavy (non-hydrogen) atoms. The van der Waals surface area contributed by atoms with E-state index in [0.29, 0.717) is 13.0 Å². The third-order valence-corrected chi connectivity index (χ3v) is 4.38. The van der Waals surface area contributed by atoms with Crippen molar-refractivity contribution < 1.29 is 18.3 Å². The molecule has 6 nitrogen and oxygen atoms in total. The van der Waals surface area contributed by atoms with E-state index in [1.165, 1.54) is 18.2 Å². The lowest BCUT2D eigenvalue weighted by Gasteiger charge is -2.14. The molecule has 1 rings (SSSR count). The molecule has 1 amide bonds. The quantitative estimate of drug-likeness (QED) is 0.645. The zero-order chi connectivity index (χ0) is 16.0. The van der Waals surface area contributed by atoms with Crippen molar-refractivity contribution in [3.63, 3.8) is 0 Å². The molecular weight excluding hydrogens is 292 g/mol. The predicted octanol–water partition coefficient (Wildman–Crippen LogP) is 0.811. The number of rotatable bonds is 7. The van der Waals surface area contributed by atoms with Gasteiger partial charge in [-0.3, -0.25) is 4.79 Å². The fraction of sp³-hybridized carbons (Fsp3) is 0.500. The minimum Gasteiger partial charge on any atom is -0.399 e. The zero-order valence-electron chi connectivity index (χ0n) is 12.3. The molecule has 118 valence electrons. The third-order valence-electron chi connectivity index (χ3n) is 3.29. The van der Waals surface area contributed by atoms with Crippen molar-refractivity contribution in [1.82, 2.24) is 5.32 Å². The van der Waals surface area contributed by atoms with Crippen LogP contribution in [0.3, 0.4) is 0 Å². The lowest BCUT2D eigenvalue weighted by atomic mass is 10.0. The van der Waals surface area contributed by atoms with Crippen LogP contribution in [0.4, 0.5) is 5.69 Å². The van der Waals surface area contributed by atoms with E-state index < -0.39 is 9.84 Å². The molecule has 1 atom stereocenters. The van der Waals surface area contributed by atoms with E-state index in [2.05, 4.69) is 5.32 Å². The van der Waals surface area contributed by atoms with Crippen molar-refractivity contribution in [2.75, 3.05) is 25.1 Å². The van der Waals surface area contributed by atoms with Crippen LogP contribution in [0.25, 0.3) is 0 Å². The first-order valence-corrected chi connectivity index (χ1v) is 8.66. The monoisotopic (exact) mass is 314 g/mol. The van der Waals surface area contributed by atoms with Crippen molar-refractivity contribution >= 4 is 21.4 Å². The molecule has 0 saturated heterocycles. The molecule has 4 N–H and O–H groups in total. The Hall–Kier alpha value is -1.60. The Morgan fingerprint density at radius 2 is 2.05 bits per heavy atom. The molecule has 0 aliphatic heterocycles. The highest BCUT2D eigenvalue weighted by Crippen LogP contribution is 2.17. The molecule has 1 aromatic carbocycles. The summed E-state index contributed by atoms with van der Waals surface area (Å²) in [6.07, 6.45) is 2.52. The second kappa shape index (κ2) is 7.42. The molecule has 0 bridgehead atoms. The van der Waals surface area contributed by atoms with Gasteiger partial charge in [-0.2, -0.15) is 0 Å². The molecule has 0 aliphatic rings. The van der Waals surface area contributed by atoms with Crippen LogP contribution < -0.4 is 11.1 Å². The van der Waals surface area contributed by atoms with Crippen LogP contribution in [0.5, 0.6) is 0 Å². The highest BCUT2D eigenvalue weighted by atomic mass is 32.2. The Bertz CT molecular complexity index is 599. The van der Waals surface area contributed by atoms with Crippen molar-refractivity contribution in [1.29, 1.82) is 0 Å². The SMILES string of the molecule is CCC(CCO)CNC(=O)c1cc(N)cc(S(C)(=O)=O)c1. The number of hydrogen-bond acceptors (Lipinski definition) is 5. The number of sulfone groups is 1. The maximum absolute atomic E-state index is 12.1. The molecule has 0 saturated carbocycles. The van der Waals surface area contributed by atoms with Gasteiger partial charge in [0.05, 0.1) is 4.90 Å². The summed E-state index contributed by atoms with van der Waals surface area (Å²) in [6.45, 7) is 2.48. The maximum Gasteiger partial charge on any atom is 0.251 e. The maximum atomic E-state index is 12.1. The number of aliphatic hydroxyl groups excluding tert-OH is 1. The average Bonchev–Trinajstić information content (AvgIpc) is 2.41. The molecule has 7 heteroatoms.